The van der Waals surface area contributed by atoms with Gasteiger partial charge in [-0.1, -0.05) is 11.8 Å². The van der Waals surface area contributed by atoms with Gasteiger partial charge in [-0.2, -0.15) is 13.9 Å². The van der Waals surface area contributed by atoms with Crippen LogP contribution in [0, 0.1) is 48.2 Å². The molecule has 0 aliphatic heterocycles. The van der Waals surface area contributed by atoms with Crippen molar-refractivity contribution in [2.75, 3.05) is 11.0 Å². The second kappa shape index (κ2) is 14.6. The van der Waals surface area contributed by atoms with Gasteiger partial charge in [-0.05, 0) is 82.0 Å². The number of amides is 1. The summed E-state index contributed by atoms with van der Waals surface area (Å²) in [6, 6.07) is 7.93. The summed E-state index contributed by atoms with van der Waals surface area (Å²) in [7, 11) is -3.79. The molecule has 1 aliphatic carbocycles. The second-order valence-electron chi connectivity index (χ2n) is 14.4. The molecule has 1 amide bonds. The van der Waals surface area contributed by atoms with Gasteiger partial charge in [0.05, 0.1) is 23.9 Å². The average Bonchev–Trinajstić information content (AvgIpc) is 3.75. The van der Waals surface area contributed by atoms with Crippen LogP contribution in [0.5, 0.6) is 0 Å². The van der Waals surface area contributed by atoms with Crippen molar-refractivity contribution >= 4 is 27.5 Å². The number of aryl methyl sites for hydroxylation is 1. The largest absolute Gasteiger partial charge is 0.346 e. The van der Waals surface area contributed by atoms with Gasteiger partial charge in [0, 0.05) is 40.3 Å². The molecule has 0 bridgehead atoms. The van der Waals surface area contributed by atoms with Gasteiger partial charge in [-0.3, -0.25) is 18.6 Å². The van der Waals surface area contributed by atoms with Crippen LogP contribution in [0.4, 0.5) is 32.3 Å². The first-order chi connectivity index (χ1) is 26.1. The molecule has 0 saturated heterocycles. The van der Waals surface area contributed by atoms with Crippen LogP contribution in [0.25, 0.3) is 16.8 Å². The Morgan fingerprint density at radius 3 is 2.36 bits per heavy atom. The van der Waals surface area contributed by atoms with Crippen LogP contribution in [0.1, 0.15) is 85.2 Å². The first-order valence-electron chi connectivity index (χ1n) is 17.0. The fourth-order valence-electron chi connectivity index (χ4n) is 6.53. The number of halogens is 6. The summed E-state index contributed by atoms with van der Waals surface area (Å²) in [5.74, 6) is 0.156. The predicted molar refractivity (Wildman–Crippen MR) is 194 cm³/mol. The third kappa shape index (κ3) is 8.35. The number of terminal acetylenes is 1. The van der Waals surface area contributed by atoms with E-state index in [1.807, 2.05) is 20.8 Å². The zero-order valence-corrected chi connectivity index (χ0v) is 31.4. The van der Waals surface area contributed by atoms with Gasteiger partial charge in [-0.25, -0.2) is 31.0 Å². The van der Waals surface area contributed by atoms with Crippen molar-refractivity contribution in [1.29, 1.82) is 0 Å². The lowest BCUT2D eigenvalue weighted by molar-refractivity contribution is -0.122. The van der Waals surface area contributed by atoms with Crippen molar-refractivity contribution in [2.24, 2.45) is 5.41 Å². The Hall–Kier alpha value is -5.88. The van der Waals surface area contributed by atoms with E-state index in [0.29, 0.717) is 27.6 Å². The highest BCUT2D eigenvalue weighted by molar-refractivity contribution is 7.92. The van der Waals surface area contributed by atoms with Crippen LogP contribution >= 0.6 is 0 Å². The standard InChI is InChI=1S/C38H34F6N8O3S/c1-7-22-18-38(43,44)33-30(22)32(34(41)42)49-51(33)19-29(53)46-28(16-21-14-23(39)17-24(40)15-21)31-26(11-9-25(45-31)12-13-37(3,4)5)27-10-8-20(2)52-35(27)47-48-36(52)50-56(6,54)55/h1,8-11,14-15,17,22,28,34H,16,18-19H2,2-6H3,(H,46,53)(H,48,50)/t22-,28-/m0/s1. The Morgan fingerprint density at radius 1 is 1.05 bits per heavy atom. The lowest BCUT2D eigenvalue weighted by atomic mass is 9.94. The summed E-state index contributed by atoms with van der Waals surface area (Å²) in [6.45, 7) is 6.32. The summed E-state index contributed by atoms with van der Waals surface area (Å²) in [5, 5.41) is 14.6. The summed E-state index contributed by atoms with van der Waals surface area (Å²) in [5.41, 5.74) is -1.18. The van der Waals surface area contributed by atoms with Crippen LogP contribution in [0.2, 0.25) is 0 Å². The van der Waals surface area contributed by atoms with E-state index in [1.165, 1.54) is 4.40 Å². The number of sulfonamides is 1. The molecule has 0 fully saturated rings. The molecule has 0 radical (unpaired) electrons. The average molecular weight is 797 g/mol. The highest BCUT2D eigenvalue weighted by Crippen LogP contribution is 2.51. The lowest BCUT2D eigenvalue weighted by Crippen LogP contribution is -2.35. The van der Waals surface area contributed by atoms with Gasteiger partial charge in [0.25, 0.3) is 12.3 Å². The minimum Gasteiger partial charge on any atom is -0.346 e. The highest BCUT2D eigenvalue weighted by atomic mass is 32.2. The summed E-state index contributed by atoms with van der Waals surface area (Å²) >= 11 is 0. The van der Waals surface area contributed by atoms with Crippen molar-refractivity contribution in [3.8, 4) is 35.3 Å². The van der Waals surface area contributed by atoms with E-state index in [0.717, 1.165) is 18.4 Å². The summed E-state index contributed by atoms with van der Waals surface area (Å²) < 4.78 is 116. The van der Waals surface area contributed by atoms with Gasteiger partial charge < -0.3 is 5.32 Å². The van der Waals surface area contributed by atoms with Gasteiger partial charge in [-0.15, -0.1) is 16.6 Å². The Bertz CT molecular complexity index is 2580. The van der Waals surface area contributed by atoms with E-state index >= 15 is 8.78 Å². The monoisotopic (exact) mass is 796 g/mol. The molecule has 6 rings (SSSR count). The SMILES string of the molecule is C#C[C@H]1CC(F)(F)c2c1c(C(F)F)nn2CC(=O)N[C@@H](Cc1cc(F)cc(F)c1)c1nc(C#CC(C)(C)C)ccc1-c1ccc(C)n2c(NS(C)(=O)=O)nnc12. The number of pyridine rings is 2. The minimum absolute atomic E-state index is 0.0614. The summed E-state index contributed by atoms with van der Waals surface area (Å²) in [4.78, 5) is 18.7. The van der Waals surface area contributed by atoms with Gasteiger partial charge in [0.15, 0.2) is 5.65 Å². The fourth-order valence-corrected chi connectivity index (χ4v) is 6.99. The van der Waals surface area contributed by atoms with E-state index < -0.39 is 87.2 Å². The molecule has 4 heterocycles. The van der Waals surface area contributed by atoms with Crippen LogP contribution in [-0.4, -0.2) is 49.9 Å². The Labute approximate surface area is 318 Å². The quantitative estimate of drug-likeness (QED) is 0.120. The first kappa shape index (κ1) is 39.8. The van der Waals surface area contributed by atoms with Crippen LogP contribution in [0.15, 0.2) is 42.5 Å². The number of carbonyl (C=O) groups is 1. The number of carbonyl (C=O) groups excluding carboxylic acids is 1. The molecule has 5 aromatic rings. The van der Waals surface area contributed by atoms with Gasteiger partial charge in [0.1, 0.15) is 35.3 Å². The van der Waals surface area contributed by atoms with Crippen LogP contribution in [-0.2, 0) is 33.7 Å². The van der Waals surface area contributed by atoms with Crippen molar-refractivity contribution < 1.29 is 39.6 Å². The number of nitrogens with zero attached hydrogens (tertiary/aromatic N) is 6. The number of hydrogen-bond acceptors (Lipinski definition) is 7. The Morgan fingerprint density at radius 2 is 1.73 bits per heavy atom. The molecular weight excluding hydrogens is 763 g/mol. The third-order valence-electron chi connectivity index (χ3n) is 8.71. The maximum absolute atomic E-state index is 15.3. The Balaban J connectivity index is 1.52. The minimum atomic E-state index is -3.79. The number of fused-ring (bicyclic) bond motifs is 2. The molecule has 292 valence electrons. The number of alkyl halides is 4. The Kier molecular flexibility index (Phi) is 10.4. The van der Waals surface area contributed by atoms with Gasteiger partial charge >= 0.3 is 0 Å². The maximum Gasteiger partial charge on any atom is 0.291 e. The molecule has 0 saturated carbocycles. The summed E-state index contributed by atoms with van der Waals surface area (Å²) in [6.07, 6.45) is 1.81. The number of aromatic nitrogens is 6. The van der Waals surface area contributed by atoms with Crippen molar-refractivity contribution in [1.82, 2.24) is 34.7 Å². The highest BCUT2D eigenvalue weighted by Gasteiger charge is 2.51. The predicted octanol–water partition coefficient (Wildman–Crippen LogP) is 6.59. The number of anilines is 1. The number of nitrogens with one attached hydrogen (secondary N) is 2. The van der Waals surface area contributed by atoms with E-state index in [1.54, 1.807) is 31.2 Å². The van der Waals surface area contributed by atoms with E-state index in [4.69, 9.17) is 11.4 Å². The molecule has 4 aromatic heterocycles. The lowest BCUT2D eigenvalue weighted by Gasteiger charge is -2.23. The topological polar surface area (TPSA) is 136 Å². The van der Waals surface area contributed by atoms with Crippen LogP contribution in [0.3, 0.4) is 0 Å². The fraction of sp³-hybridized carbons (Fsp3) is 0.342. The van der Waals surface area contributed by atoms with Crippen molar-refractivity contribution in [3.63, 3.8) is 0 Å². The van der Waals surface area contributed by atoms with Crippen molar-refractivity contribution in [2.45, 2.75) is 71.4 Å². The molecule has 11 nitrogen and oxygen atoms in total. The first-order valence-corrected chi connectivity index (χ1v) is 18.9. The van der Waals surface area contributed by atoms with E-state index in [9.17, 15) is 30.8 Å². The molecule has 0 unspecified atom stereocenters. The molecule has 0 spiro atoms. The third-order valence-corrected chi connectivity index (χ3v) is 9.26. The zero-order valence-electron chi connectivity index (χ0n) is 30.6. The van der Waals surface area contributed by atoms with Gasteiger partial charge in [0.2, 0.25) is 21.9 Å². The molecule has 1 aliphatic rings. The second-order valence-corrected chi connectivity index (χ2v) is 16.2. The number of benzene rings is 1. The molecular formula is C38H34F6N8O3S. The zero-order chi connectivity index (χ0) is 40.9. The maximum atomic E-state index is 15.3. The molecule has 18 heteroatoms. The molecule has 1 aromatic carbocycles. The molecule has 56 heavy (non-hydrogen) atoms. The molecule has 2 N–H and O–H groups in total. The smallest absolute Gasteiger partial charge is 0.291 e. The molecule has 2 atom stereocenters. The number of rotatable bonds is 10. The van der Waals surface area contributed by atoms with Crippen molar-refractivity contribution in [3.05, 3.63) is 93.7 Å². The van der Waals surface area contributed by atoms with E-state index in [2.05, 4.69) is 43.1 Å². The normalized spacial score (nSPS) is 15.6. The number of hydrogen-bond donors (Lipinski definition) is 2. The van der Waals surface area contributed by atoms with Crippen LogP contribution < -0.4 is 10.0 Å². The van der Waals surface area contributed by atoms with E-state index in [-0.39, 0.29) is 35.0 Å².